The lowest BCUT2D eigenvalue weighted by Crippen LogP contribution is -2.37. The second kappa shape index (κ2) is 8.17. The number of aliphatic hydroxyl groups excluding tert-OH is 1. The zero-order chi connectivity index (χ0) is 15.1. The van der Waals surface area contributed by atoms with Crippen LogP contribution in [0.5, 0.6) is 0 Å². The van der Waals surface area contributed by atoms with Gasteiger partial charge in [-0.1, -0.05) is 20.3 Å². The van der Waals surface area contributed by atoms with E-state index in [0.717, 1.165) is 50.4 Å². The fraction of sp³-hybridized carbons (Fsp3) is 0.750. The summed E-state index contributed by atoms with van der Waals surface area (Å²) in [5.41, 5.74) is 0. The maximum Gasteiger partial charge on any atom is 0.134 e. The zero-order valence-corrected chi connectivity index (χ0v) is 13.3. The maximum absolute atomic E-state index is 9.35. The van der Waals surface area contributed by atoms with Crippen LogP contribution in [0.15, 0.2) is 12.4 Å². The molecule has 0 bridgehead atoms. The third-order valence-electron chi connectivity index (χ3n) is 4.24. The van der Waals surface area contributed by atoms with E-state index in [0.29, 0.717) is 12.0 Å². The van der Waals surface area contributed by atoms with E-state index >= 15 is 0 Å². The van der Waals surface area contributed by atoms with Gasteiger partial charge in [0.25, 0.3) is 0 Å². The second-order valence-electron chi connectivity index (χ2n) is 5.94. The van der Waals surface area contributed by atoms with E-state index in [1.165, 1.54) is 6.42 Å². The van der Waals surface area contributed by atoms with Gasteiger partial charge in [-0.3, -0.25) is 0 Å². The lowest BCUT2D eigenvalue weighted by molar-refractivity contribution is 0.208. The molecule has 2 unspecified atom stereocenters. The summed E-state index contributed by atoms with van der Waals surface area (Å²) in [6.07, 6.45) is 7.30. The van der Waals surface area contributed by atoms with Gasteiger partial charge in [0.1, 0.15) is 18.0 Å². The van der Waals surface area contributed by atoms with Crippen LogP contribution >= 0.6 is 0 Å². The monoisotopic (exact) mass is 292 g/mol. The summed E-state index contributed by atoms with van der Waals surface area (Å²) in [6, 6.07) is 2.52. The fourth-order valence-corrected chi connectivity index (χ4v) is 2.96. The van der Waals surface area contributed by atoms with E-state index in [2.05, 4.69) is 34.0 Å². The highest BCUT2D eigenvalue weighted by molar-refractivity contribution is 5.49. The highest BCUT2D eigenvalue weighted by atomic mass is 16.3. The summed E-state index contributed by atoms with van der Waals surface area (Å²) in [4.78, 5) is 11.0. The van der Waals surface area contributed by atoms with E-state index in [4.69, 9.17) is 0 Å². The van der Waals surface area contributed by atoms with Crippen LogP contribution in [0.2, 0.25) is 0 Å². The number of aromatic nitrogens is 2. The standard InChI is InChI=1S/C16H28N4O/c1-3-6-14(4-2)19-15-9-16(18-12-17-15)20-8-5-7-13(10-20)11-21/h9,12-14,21H,3-8,10-11H2,1-2H3,(H,17,18,19). The molecular formula is C16H28N4O. The van der Waals surface area contributed by atoms with Crippen LogP contribution in [0.25, 0.3) is 0 Å². The number of aliphatic hydroxyl groups is 1. The molecule has 1 fully saturated rings. The first-order valence-electron chi connectivity index (χ1n) is 8.21. The lowest BCUT2D eigenvalue weighted by Gasteiger charge is -2.32. The maximum atomic E-state index is 9.35. The van der Waals surface area contributed by atoms with Crippen molar-refractivity contribution in [3.05, 3.63) is 12.4 Å². The Kier molecular flexibility index (Phi) is 6.23. The zero-order valence-electron chi connectivity index (χ0n) is 13.3. The molecular weight excluding hydrogens is 264 g/mol. The number of rotatable bonds is 7. The van der Waals surface area contributed by atoms with Crippen molar-refractivity contribution >= 4 is 11.6 Å². The van der Waals surface area contributed by atoms with Crippen molar-refractivity contribution < 1.29 is 5.11 Å². The van der Waals surface area contributed by atoms with E-state index in [1.807, 2.05) is 6.07 Å². The molecule has 2 atom stereocenters. The molecule has 2 heterocycles. The fourth-order valence-electron chi connectivity index (χ4n) is 2.96. The molecule has 5 nitrogen and oxygen atoms in total. The molecule has 0 spiro atoms. The molecule has 21 heavy (non-hydrogen) atoms. The number of nitrogens with zero attached hydrogens (tertiary/aromatic N) is 3. The Hall–Kier alpha value is -1.36. The van der Waals surface area contributed by atoms with Gasteiger partial charge in [0, 0.05) is 31.8 Å². The number of hydrogen-bond acceptors (Lipinski definition) is 5. The minimum atomic E-state index is 0.265. The van der Waals surface area contributed by atoms with Gasteiger partial charge >= 0.3 is 0 Å². The number of anilines is 2. The molecule has 1 aliphatic heterocycles. The molecule has 1 aliphatic rings. The van der Waals surface area contributed by atoms with Crippen molar-refractivity contribution in [2.24, 2.45) is 5.92 Å². The summed E-state index contributed by atoms with van der Waals surface area (Å²) in [7, 11) is 0. The van der Waals surface area contributed by atoms with Crippen LogP contribution in [0, 0.1) is 5.92 Å². The van der Waals surface area contributed by atoms with Crippen LogP contribution in [0.1, 0.15) is 46.0 Å². The van der Waals surface area contributed by atoms with E-state index in [-0.39, 0.29) is 6.61 Å². The minimum Gasteiger partial charge on any atom is -0.396 e. The Morgan fingerprint density at radius 3 is 3.00 bits per heavy atom. The normalized spacial score (nSPS) is 20.3. The summed E-state index contributed by atoms with van der Waals surface area (Å²) >= 11 is 0. The van der Waals surface area contributed by atoms with Crippen LogP contribution < -0.4 is 10.2 Å². The Balaban J connectivity index is 2.03. The van der Waals surface area contributed by atoms with Gasteiger partial charge in [0.05, 0.1) is 0 Å². The Morgan fingerprint density at radius 2 is 2.29 bits per heavy atom. The van der Waals surface area contributed by atoms with Gasteiger partial charge < -0.3 is 15.3 Å². The molecule has 0 aliphatic carbocycles. The van der Waals surface area contributed by atoms with Gasteiger partial charge in [-0.25, -0.2) is 9.97 Å². The first kappa shape index (κ1) is 16.0. The summed E-state index contributed by atoms with van der Waals surface area (Å²) in [5, 5.41) is 12.9. The first-order valence-corrected chi connectivity index (χ1v) is 8.21. The smallest absolute Gasteiger partial charge is 0.134 e. The van der Waals surface area contributed by atoms with Gasteiger partial charge in [-0.2, -0.15) is 0 Å². The highest BCUT2D eigenvalue weighted by Gasteiger charge is 2.20. The third kappa shape index (κ3) is 4.56. The van der Waals surface area contributed by atoms with Crippen molar-refractivity contribution in [1.29, 1.82) is 0 Å². The van der Waals surface area contributed by atoms with Gasteiger partial charge in [0.15, 0.2) is 0 Å². The molecule has 1 saturated heterocycles. The number of piperidine rings is 1. The third-order valence-corrected chi connectivity index (χ3v) is 4.24. The SMILES string of the molecule is CCCC(CC)Nc1cc(N2CCCC(CO)C2)ncn1. The van der Waals surface area contributed by atoms with Crippen molar-refractivity contribution in [2.45, 2.75) is 52.0 Å². The second-order valence-corrected chi connectivity index (χ2v) is 5.94. The molecule has 1 aromatic heterocycles. The quantitative estimate of drug-likeness (QED) is 0.809. The van der Waals surface area contributed by atoms with E-state index in [9.17, 15) is 5.11 Å². The van der Waals surface area contributed by atoms with Crippen molar-refractivity contribution in [3.63, 3.8) is 0 Å². The van der Waals surface area contributed by atoms with E-state index in [1.54, 1.807) is 6.33 Å². The van der Waals surface area contributed by atoms with Gasteiger partial charge in [-0.05, 0) is 31.6 Å². The average molecular weight is 292 g/mol. The Bertz CT molecular complexity index is 426. The largest absolute Gasteiger partial charge is 0.396 e. The predicted octanol–water partition coefficient (Wildman–Crippen LogP) is 2.68. The molecule has 2 N–H and O–H groups in total. The van der Waals surface area contributed by atoms with Crippen LogP contribution in [-0.2, 0) is 0 Å². The highest BCUT2D eigenvalue weighted by Crippen LogP contribution is 2.23. The van der Waals surface area contributed by atoms with Crippen LogP contribution in [0.3, 0.4) is 0 Å². The summed E-state index contributed by atoms with van der Waals surface area (Å²) in [5.74, 6) is 2.25. The molecule has 118 valence electrons. The topological polar surface area (TPSA) is 61.3 Å². The minimum absolute atomic E-state index is 0.265. The van der Waals surface area contributed by atoms with Crippen LogP contribution in [0.4, 0.5) is 11.6 Å². The van der Waals surface area contributed by atoms with Gasteiger partial charge in [-0.15, -0.1) is 0 Å². The summed E-state index contributed by atoms with van der Waals surface area (Å²) in [6.45, 7) is 6.57. The van der Waals surface area contributed by atoms with E-state index < -0.39 is 0 Å². The van der Waals surface area contributed by atoms with Gasteiger partial charge in [0.2, 0.25) is 0 Å². The first-order chi connectivity index (χ1) is 10.3. The van der Waals surface area contributed by atoms with Crippen molar-refractivity contribution in [1.82, 2.24) is 9.97 Å². The average Bonchev–Trinajstić information content (AvgIpc) is 2.54. The Labute approximate surface area is 127 Å². The molecule has 0 aromatic carbocycles. The number of nitrogens with one attached hydrogen (secondary N) is 1. The Morgan fingerprint density at radius 1 is 1.43 bits per heavy atom. The van der Waals surface area contributed by atoms with Crippen LogP contribution in [-0.4, -0.2) is 40.8 Å². The molecule has 1 aromatic rings. The lowest BCUT2D eigenvalue weighted by atomic mass is 9.99. The van der Waals surface area contributed by atoms with Crippen molar-refractivity contribution in [3.8, 4) is 0 Å². The summed E-state index contributed by atoms with van der Waals surface area (Å²) < 4.78 is 0. The molecule has 0 saturated carbocycles. The molecule has 0 radical (unpaired) electrons. The number of hydrogen-bond donors (Lipinski definition) is 2. The van der Waals surface area contributed by atoms with Crippen molar-refractivity contribution in [2.75, 3.05) is 29.9 Å². The molecule has 0 amide bonds. The predicted molar refractivity (Wildman–Crippen MR) is 86.7 cm³/mol. The molecule has 2 rings (SSSR count). The molecule has 5 heteroatoms.